The Labute approximate surface area is 243 Å². The van der Waals surface area contributed by atoms with E-state index in [9.17, 15) is 29.4 Å². The van der Waals surface area contributed by atoms with Crippen LogP contribution in [0.15, 0.2) is 0 Å². The molecule has 0 heterocycles. The van der Waals surface area contributed by atoms with Gasteiger partial charge < -0.3 is 31.5 Å². The smallest absolute Gasteiger partial charge is 0.230 e. The molecular weight excluding hydrogens is 526 g/mol. The third-order valence-electron chi connectivity index (χ3n) is 9.81. The lowest BCUT2D eigenvalue weighted by Crippen LogP contribution is -2.53. The predicted molar refractivity (Wildman–Crippen MR) is 153 cm³/mol. The second-order valence-electron chi connectivity index (χ2n) is 13.4. The van der Waals surface area contributed by atoms with Gasteiger partial charge in [0.1, 0.15) is 0 Å². The van der Waals surface area contributed by atoms with E-state index in [1.54, 1.807) is 0 Å². The van der Waals surface area contributed by atoms with E-state index < -0.39 is 47.7 Å². The maximum atomic E-state index is 13.6. The number of carbonyl (C=O) groups excluding carboxylic acids is 4. The van der Waals surface area contributed by atoms with E-state index in [0.29, 0.717) is 50.9 Å². The molecule has 11 nitrogen and oxygen atoms in total. The van der Waals surface area contributed by atoms with Crippen molar-refractivity contribution < 1.29 is 29.4 Å². The van der Waals surface area contributed by atoms with E-state index in [1.807, 2.05) is 0 Å². The highest BCUT2D eigenvalue weighted by molar-refractivity contribution is 6.01. The Morgan fingerprint density at radius 1 is 0.585 bits per heavy atom. The summed E-state index contributed by atoms with van der Waals surface area (Å²) in [6, 6.07) is 0.717. The quantitative estimate of drug-likeness (QED) is 0.111. The molecule has 4 amide bonds. The van der Waals surface area contributed by atoms with Gasteiger partial charge in [-0.3, -0.25) is 24.5 Å². The van der Waals surface area contributed by atoms with Crippen molar-refractivity contribution in [3.63, 3.8) is 0 Å². The largest absolute Gasteiger partial charge is 0.393 e. The van der Waals surface area contributed by atoms with Crippen molar-refractivity contribution in [2.45, 2.75) is 90.5 Å². The summed E-state index contributed by atoms with van der Waals surface area (Å²) in [7, 11) is 0. The Morgan fingerprint density at radius 2 is 0.976 bits per heavy atom. The number of hydrogen-bond donors (Lipinski definition) is 7. The van der Waals surface area contributed by atoms with Crippen LogP contribution in [-0.2, 0) is 19.2 Å². The molecular formula is C30H51N5O6. The highest BCUT2D eigenvalue weighted by atomic mass is 16.3. The van der Waals surface area contributed by atoms with Crippen LogP contribution in [0.25, 0.3) is 0 Å². The summed E-state index contributed by atoms with van der Waals surface area (Å²) < 4.78 is 0. The fourth-order valence-electron chi connectivity index (χ4n) is 8.03. The van der Waals surface area contributed by atoms with Crippen molar-refractivity contribution in [1.29, 1.82) is 0 Å². The molecule has 0 radical (unpaired) electrons. The standard InChI is InChI=1S/C30H51N5O6/c1-15(2)31-7-5-9-33-27(38)23-17-11-19(21(36)13-17)25(23)29(40)35-30(41)26-20-12-18(14-22(20)37)24(26)28(39)34-10-6-8-32-16(3)4/h15-26,31-32,36-37H,5-14H2,1-4H3,(H,33,38)(H,34,39)(H,35,40,41). The summed E-state index contributed by atoms with van der Waals surface area (Å²) >= 11 is 0. The molecule has 0 aromatic heterocycles. The molecule has 41 heavy (non-hydrogen) atoms. The molecule has 4 aliphatic rings. The number of amides is 4. The zero-order valence-corrected chi connectivity index (χ0v) is 25.0. The molecule has 4 aliphatic carbocycles. The van der Waals surface area contributed by atoms with Crippen molar-refractivity contribution in [1.82, 2.24) is 26.6 Å². The maximum absolute atomic E-state index is 13.6. The maximum Gasteiger partial charge on any atom is 0.230 e. The summed E-state index contributed by atoms with van der Waals surface area (Å²) in [5.74, 6) is -5.30. The summed E-state index contributed by atoms with van der Waals surface area (Å²) in [6.45, 7) is 10.7. The van der Waals surface area contributed by atoms with E-state index in [1.165, 1.54) is 0 Å². The minimum Gasteiger partial charge on any atom is -0.393 e. The first kappa shape index (κ1) is 31.8. The molecule has 0 aromatic rings. The Morgan fingerprint density at radius 3 is 1.34 bits per heavy atom. The van der Waals surface area contributed by atoms with Crippen LogP contribution in [0.1, 0.15) is 66.2 Å². The lowest BCUT2D eigenvalue weighted by molar-refractivity contribution is -0.147. The summed E-state index contributed by atoms with van der Waals surface area (Å²) in [6.07, 6.45) is 2.25. The van der Waals surface area contributed by atoms with Gasteiger partial charge in [0.05, 0.1) is 35.9 Å². The van der Waals surface area contributed by atoms with Gasteiger partial charge in [0, 0.05) is 25.2 Å². The van der Waals surface area contributed by atoms with Crippen LogP contribution in [-0.4, -0.2) is 84.3 Å². The number of nitrogens with one attached hydrogen (secondary N) is 5. The number of imide groups is 1. The molecule has 0 aliphatic heterocycles. The fraction of sp³-hybridized carbons (Fsp3) is 0.867. The van der Waals surface area contributed by atoms with Crippen molar-refractivity contribution >= 4 is 23.6 Å². The van der Waals surface area contributed by atoms with Crippen molar-refractivity contribution in [2.75, 3.05) is 26.2 Å². The normalized spacial score (nSPS) is 35.3. The van der Waals surface area contributed by atoms with E-state index in [-0.39, 0.29) is 35.5 Å². The van der Waals surface area contributed by atoms with Crippen molar-refractivity contribution in [2.24, 2.45) is 47.3 Å². The molecule has 10 atom stereocenters. The van der Waals surface area contributed by atoms with Gasteiger partial charge in [-0.15, -0.1) is 0 Å². The number of aliphatic hydroxyl groups excluding tert-OH is 2. The van der Waals surface area contributed by atoms with Crippen LogP contribution in [0.4, 0.5) is 0 Å². The Kier molecular flexibility index (Phi) is 10.8. The van der Waals surface area contributed by atoms with E-state index in [2.05, 4.69) is 54.3 Å². The number of hydrogen-bond acceptors (Lipinski definition) is 8. The highest BCUT2D eigenvalue weighted by Gasteiger charge is 2.60. The second kappa shape index (κ2) is 13.9. The van der Waals surface area contributed by atoms with E-state index in [4.69, 9.17) is 0 Å². The van der Waals surface area contributed by atoms with E-state index >= 15 is 0 Å². The van der Waals surface area contributed by atoms with Crippen molar-refractivity contribution in [3.8, 4) is 0 Å². The SMILES string of the molecule is CC(C)NCCCNC(=O)C1C2CC(O)C(C2)C1C(=O)NC(=O)C1C2CC(CC2O)C1C(=O)NCCCNC(C)C. The molecule has 4 rings (SSSR count). The molecule has 0 saturated heterocycles. The zero-order valence-electron chi connectivity index (χ0n) is 25.0. The van der Waals surface area contributed by atoms with Gasteiger partial charge in [-0.1, -0.05) is 27.7 Å². The third-order valence-corrected chi connectivity index (χ3v) is 9.81. The number of rotatable bonds is 14. The lowest BCUT2D eigenvalue weighted by Gasteiger charge is -2.34. The van der Waals surface area contributed by atoms with Gasteiger partial charge in [0.2, 0.25) is 23.6 Å². The Balaban J connectivity index is 1.37. The lowest BCUT2D eigenvalue weighted by atomic mass is 9.75. The molecule has 0 spiro atoms. The average molecular weight is 578 g/mol. The molecule has 4 fully saturated rings. The van der Waals surface area contributed by atoms with Crippen LogP contribution < -0.4 is 26.6 Å². The minimum atomic E-state index is -0.800. The van der Waals surface area contributed by atoms with Gasteiger partial charge >= 0.3 is 0 Å². The molecule has 11 heteroatoms. The monoisotopic (exact) mass is 577 g/mol. The molecule has 4 saturated carbocycles. The molecule has 0 aromatic carbocycles. The van der Waals surface area contributed by atoms with Crippen LogP contribution in [0.3, 0.4) is 0 Å². The van der Waals surface area contributed by atoms with Gasteiger partial charge in [-0.25, -0.2) is 0 Å². The van der Waals surface area contributed by atoms with Gasteiger partial charge in [0.15, 0.2) is 0 Å². The van der Waals surface area contributed by atoms with Crippen LogP contribution in [0.5, 0.6) is 0 Å². The molecule has 232 valence electrons. The predicted octanol–water partition coefficient (Wildman–Crippen LogP) is -0.0960. The van der Waals surface area contributed by atoms with Crippen LogP contribution in [0.2, 0.25) is 0 Å². The average Bonchev–Trinajstić information content (AvgIpc) is 3.65. The highest BCUT2D eigenvalue weighted by Crippen LogP contribution is 2.54. The Bertz CT molecular complexity index is 886. The number of carbonyl (C=O) groups is 4. The van der Waals surface area contributed by atoms with Gasteiger partial charge in [-0.05, 0) is 75.3 Å². The van der Waals surface area contributed by atoms with Crippen molar-refractivity contribution in [3.05, 3.63) is 0 Å². The summed E-state index contributed by atoms with van der Waals surface area (Å²) in [5, 5.41) is 36.2. The number of aliphatic hydroxyl groups is 2. The zero-order chi connectivity index (χ0) is 29.8. The summed E-state index contributed by atoms with van der Waals surface area (Å²) in [4.78, 5) is 53.5. The molecule has 10 unspecified atom stereocenters. The molecule has 7 N–H and O–H groups in total. The van der Waals surface area contributed by atoms with Gasteiger partial charge in [-0.2, -0.15) is 0 Å². The first-order valence-corrected chi connectivity index (χ1v) is 15.7. The first-order valence-electron chi connectivity index (χ1n) is 15.7. The third kappa shape index (κ3) is 7.29. The fourth-order valence-corrected chi connectivity index (χ4v) is 8.03. The summed E-state index contributed by atoms with van der Waals surface area (Å²) in [5.41, 5.74) is 0. The minimum absolute atomic E-state index is 0.109. The van der Waals surface area contributed by atoms with Crippen LogP contribution >= 0.6 is 0 Å². The van der Waals surface area contributed by atoms with E-state index in [0.717, 1.165) is 25.9 Å². The second-order valence-corrected chi connectivity index (χ2v) is 13.4. The number of fused-ring (bicyclic) bond motifs is 4. The van der Waals surface area contributed by atoms with Gasteiger partial charge in [0.25, 0.3) is 0 Å². The topological polar surface area (TPSA) is 169 Å². The van der Waals surface area contributed by atoms with Crippen LogP contribution in [0, 0.1) is 47.3 Å². The Hall–Kier alpha value is -2.08. The first-order chi connectivity index (χ1) is 19.5. The molecule has 4 bridgehead atoms.